The van der Waals surface area contributed by atoms with Gasteiger partial charge in [0.25, 0.3) is 5.56 Å². The summed E-state index contributed by atoms with van der Waals surface area (Å²) in [5, 5.41) is 15.7. The lowest BCUT2D eigenvalue weighted by Crippen LogP contribution is -2.32. The van der Waals surface area contributed by atoms with Crippen LogP contribution in [0.5, 0.6) is 17.2 Å². The maximum absolute atomic E-state index is 13.2. The Bertz CT molecular complexity index is 1630. The first-order valence-electron chi connectivity index (χ1n) is 12.7. The second-order valence-electron chi connectivity index (χ2n) is 9.37. The van der Waals surface area contributed by atoms with Crippen molar-refractivity contribution in [2.24, 2.45) is 0 Å². The monoisotopic (exact) mass is 544 g/mol. The van der Waals surface area contributed by atoms with Crippen LogP contribution in [0, 0.1) is 0 Å². The highest BCUT2D eigenvalue weighted by Crippen LogP contribution is 2.35. The van der Waals surface area contributed by atoms with E-state index in [9.17, 15) is 4.79 Å². The number of ether oxygens (including phenoxy) is 3. The molecule has 6 rings (SSSR count). The van der Waals surface area contributed by atoms with Crippen LogP contribution in [-0.4, -0.2) is 44.0 Å². The molecule has 0 aliphatic carbocycles. The molecule has 1 aliphatic heterocycles. The number of nitrogens with zero attached hydrogens (tertiary/aromatic N) is 5. The van der Waals surface area contributed by atoms with E-state index in [0.717, 1.165) is 28.9 Å². The number of aromatic nitrogens is 5. The number of H-pyrrole nitrogens is 1. The van der Waals surface area contributed by atoms with Crippen LogP contribution in [0.1, 0.15) is 41.2 Å². The Hall–Kier alpha value is -4.22. The van der Waals surface area contributed by atoms with Crippen LogP contribution in [0.3, 0.4) is 0 Å². The van der Waals surface area contributed by atoms with Crippen LogP contribution in [0.4, 0.5) is 0 Å². The van der Waals surface area contributed by atoms with Crippen molar-refractivity contribution in [1.82, 2.24) is 30.1 Å². The largest absolute Gasteiger partial charge is 0.497 e. The van der Waals surface area contributed by atoms with E-state index in [4.69, 9.17) is 14.2 Å². The lowest BCUT2D eigenvalue weighted by molar-refractivity contribution is 0.163. The molecule has 0 unspecified atom stereocenters. The average Bonchev–Trinajstić information content (AvgIpc) is 3.72. The van der Waals surface area contributed by atoms with Crippen molar-refractivity contribution in [1.29, 1.82) is 0 Å². The molecule has 0 fully saturated rings. The van der Waals surface area contributed by atoms with Gasteiger partial charge in [-0.25, -0.2) is 4.68 Å². The van der Waals surface area contributed by atoms with Crippen molar-refractivity contribution in [3.63, 3.8) is 0 Å². The number of benzene rings is 2. The molecule has 1 aliphatic rings. The summed E-state index contributed by atoms with van der Waals surface area (Å²) in [4.78, 5) is 19.7. The lowest BCUT2D eigenvalue weighted by atomic mass is 10.1. The summed E-state index contributed by atoms with van der Waals surface area (Å²) >= 11 is 1.69. The van der Waals surface area contributed by atoms with Crippen molar-refractivity contribution in [2.75, 3.05) is 13.9 Å². The topological polar surface area (TPSA) is 107 Å². The highest BCUT2D eigenvalue weighted by Gasteiger charge is 2.27. The smallest absolute Gasteiger partial charge is 0.252 e. The summed E-state index contributed by atoms with van der Waals surface area (Å²) in [6, 6.07) is 17.6. The van der Waals surface area contributed by atoms with Crippen molar-refractivity contribution in [3.8, 4) is 17.2 Å². The highest BCUT2D eigenvalue weighted by atomic mass is 32.1. The lowest BCUT2D eigenvalue weighted by Gasteiger charge is -2.30. The van der Waals surface area contributed by atoms with Crippen LogP contribution < -0.4 is 19.8 Å². The predicted octanol–water partition coefficient (Wildman–Crippen LogP) is 4.52. The molecule has 5 aromatic rings. The van der Waals surface area contributed by atoms with E-state index in [2.05, 4.69) is 43.8 Å². The van der Waals surface area contributed by atoms with Crippen molar-refractivity contribution in [2.45, 2.75) is 39.0 Å². The minimum Gasteiger partial charge on any atom is -0.497 e. The fraction of sp³-hybridized carbons (Fsp3) is 0.286. The van der Waals surface area contributed by atoms with Gasteiger partial charge in [0.2, 0.25) is 6.79 Å². The second kappa shape index (κ2) is 10.9. The number of fused-ring (bicyclic) bond motifs is 2. The zero-order valence-electron chi connectivity index (χ0n) is 21.7. The van der Waals surface area contributed by atoms with Gasteiger partial charge in [0.15, 0.2) is 17.3 Å². The molecular weight excluding hydrogens is 516 g/mol. The molecule has 2 aromatic carbocycles. The molecule has 0 radical (unpaired) electrons. The van der Waals surface area contributed by atoms with Gasteiger partial charge in [-0.15, -0.1) is 16.4 Å². The van der Waals surface area contributed by atoms with Gasteiger partial charge in [-0.3, -0.25) is 9.69 Å². The summed E-state index contributed by atoms with van der Waals surface area (Å²) in [7, 11) is 1.65. The Labute approximate surface area is 228 Å². The Balaban J connectivity index is 1.33. The number of hydrogen-bond donors (Lipinski definition) is 1. The molecule has 39 heavy (non-hydrogen) atoms. The van der Waals surface area contributed by atoms with Crippen LogP contribution in [0.25, 0.3) is 10.9 Å². The van der Waals surface area contributed by atoms with Crippen LogP contribution in [0.15, 0.2) is 64.8 Å². The molecule has 0 saturated heterocycles. The molecule has 0 bridgehead atoms. The number of hydrogen-bond acceptors (Lipinski definition) is 9. The van der Waals surface area contributed by atoms with Crippen LogP contribution >= 0.6 is 11.3 Å². The van der Waals surface area contributed by atoms with Gasteiger partial charge >= 0.3 is 0 Å². The molecule has 0 amide bonds. The Morgan fingerprint density at radius 3 is 2.69 bits per heavy atom. The van der Waals surface area contributed by atoms with E-state index in [0.29, 0.717) is 42.2 Å². The molecule has 1 N–H and O–H groups in total. The van der Waals surface area contributed by atoms with Gasteiger partial charge in [-0.1, -0.05) is 25.1 Å². The molecule has 1 atom stereocenters. The third-order valence-electron chi connectivity index (χ3n) is 6.90. The number of methoxy groups -OCH3 is 1. The maximum Gasteiger partial charge on any atom is 0.252 e. The van der Waals surface area contributed by atoms with Gasteiger partial charge in [0.1, 0.15) is 5.75 Å². The first-order chi connectivity index (χ1) is 19.1. The van der Waals surface area contributed by atoms with E-state index in [1.165, 1.54) is 4.88 Å². The van der Waals surface area contributed by atoms with Crippen LogP contribution in [-0.2, 0) is 19.6 Å². The highest BCUT2D eigenvalue weighted by molar-refractivity contribution is 7.09. The molecule has 4 heterocycles. The van der Waals surface area contributed by atoms with Gasteiger partial charge in [-0.05, 0) is 58.1 Å². The minimum atomic E-state index is -0.134. The summed E-state index contributed by atoms with van der Waals surface area (Å²) in [5.41, 5.74) is 2.30. The Morgan fingerprint density at radius 1 is 1.13 bits per heavy atom. The molecule has 3 aromatic heterocycles. The van der Waals surface area contributed by atoms with E-state index in [-0.39, 0.29) is 18.4 Å². The zero-order valence-corrected chi connectivity index (χ0v) is 22.5. The standard InChI is InChI=1S/C28H28N6O4S/c1-3-24(27-30-31-32-34(27)14-18-6-8-21(36-2)9-7-18)33(16-22-5-4-10-39-22)15-20-11-19-12-25-26(38-17-37-25)13-23(19)29-28(20)35/h4-13,24H,3,14-17H2,1-2H3,(H,29,35)/t24-/m1/s1. The maximum atomic E-state index is 13.2. The third-order valence-corrected chi connectivity index (χ3v) is 7.76. The number of thiophene rings is 1. The summed E-state index contributed by atoms with van der Waals surface area (Å²) in [6.07, 6.45) is 0.762. The summed E-state index contributed by atoms with van der Waals surface area (Å²) in [6.45, 7) is 3.90. The van der Waals surface area contributed by atoms with Crippen LogP contribution in [0.2, 0.25) is 0 Å². The van der Waals surface area contributed by atoms with E-state index < -0.39 is 0 Å². The number of tetrazole rings is 1. The second-order valence-corrected chi connectivity index (χ2v) is 10.4. The van der Waals surface area contributed by atoms with E-state index in [1.807, 2.05) is 53.2 Å². The molecule has 11 heteroatoms. The average molecular weight is 545 g/mol. The number of nitrogens with one attached hydrogen (secondary N) is 1. The van der Waals surface area contributed by atoms with Gasteiger partial charge in [0, 0.05) is 35.0 Å². The fourth-order valence-corrected chi connectivity index (χ4v) is 5.66. The van der Waals surface area contributed by atoms with Gasteiger partial charge < -0.3 is 19.2 Å². The van der Waals surface area contributed by atoms with E-state index >= 15 is 0 Å². The summed E-state index contributed by atoms with van der Waals surface area (Å²) in [5.74, 6) is 2.87. The molecule has 0 saturated carbocycles. The summed E-state index contributed by atoms with van der Waals surface area (Å²) < 4.78 is 18.1. The van der Waals surface area contributed by atoms with Gasteiger partial charge in [-0.2, -0.15) is 0 Å². The van der Waals surface area contributed by atoms with E-state index in [1.54, 1.807) is 18.4 Å². The molecule has 10 nitrogen and oxygen atoms in total. The predicted molar refractivity (Wildman–Crippen MR) is 147 cm³/mol. The van der Waals surface area contributed by atoms with Crippen molar-refractivity contribution in [3.05, 3.63) is 92.2 Å². The normalized spacial score (nSPS) is 13.3. The zero-order chi connectivity index (χ0) is 26.8. The Morgan fingerprint density at radius 2 is 1.95 bits per heavy atom. The van der Waals surface area contributed by atoms with Crippen molar-refractivity contribution >= 4 is 22.2 Å². The number of pyridine rings is 1. The Kier molecular flexibility index (Phi) is 6.99. The molecule has 200 valence electrons. The third kappa shape index (κ3) is 5.23. The first kappa shape index (κ1) is 25.1. The minimum absolute atomic E-state index is 0.118. The first-order valence-corrected chi connectivity index (χ1v) is 13.6. The molecular formula is C28H28N6O4S. The SMILES string of the molecule is CC[C@H](c1nnnn1Cc1ccc(OC)cc1)N(Cc1cccs1)Cc1cc2cc3c(cc2[nH]c1=O)OCO3. The fourth-order valence-electron chi connectivity index (χ4n) is 4.93. The number of aromatic amines is 1. The quantitative estimate of drug-likeness (QED) is 0.274. The molecule has 0 spiro atoms. The van der Waals surface area contributed by atoms with Crippen molar-refractivity contribution < 1.29 is 14.2 Å². The van der Waals surface area contributed by atoms with Gasteiger partial charge in [0.05, 0.1) is 25.2 Å². The number of rotatable bonds is 10.